The summed E-state index contributed by atoms with van der Waals surface area (Å²) in [4.78, 5) is 11.6. The maximum absolute atomic E-state index is 11.6. The third kappa shape index (κ3) is 5.79. The van der Waals surface area contributed by atoms with Crippen LogP contribution in [0.3, 0.4) is 0 Å². The number of benzene rings is 2. The van der Waals surface area contributed by atoms with Gasteiger partial charge in [-0.2, -0.15) is 8.42 Å². The molecular weight excluding hydrogens is 328 g/mol. The van der Waals surface area contributed by atoms with Gasteiger partial charge < -0.3 is 4.74 Å². The van der Waals surface area contributed by atoms with Crippen LogP contribution < -0.4 is 4.74 Å². The lowest BCUT2D eigenvalue weighted by molar-refractivity contribution is -0.134. The molecule has 0 aliphatic rings. The van der Waals surface area contributed by atoms with Gasteiger partial charge in [-0.3, -0.25) is 8.98 Å². The summed E-state index contributed by atoms with van der Waals surface area (Å²) in [6.45, 7) is 1.90. The first-order valence-electron chi connectivity index (χ1n) is 7.62. The third-order valence-corrected chi connectivity index (χ3v) is 3.77. The van der Waals surface area contributed by atoms with Crippen molar-refractivity contribution < 1.29 is 22.1 Å². The molecule has 0 heterocycles. The van der Waals surface area contributed by atoms with Crippen molar-refractivity contribution in [2.45, 2.75) is 26.4 Å². The number of esters is 1. The lowest BCUT2D eigenvalue weighted by Gasteiger charge is -2.08. The molecule has 0 unspecified atom stereocenters. The number of hydrogen-bond donors (Lipinski definition) is 0. The topological polar surface area (TPSA) is 69.7 Å². The highest BCUT2D eigenvalue weighted by Gasteiger charge is 2.07. The molecule has 0 saturated heterocycles. The van der Waals surface area contributed by atoms with E-state index in [0.29, 0.717) is 12.2 Å². The van der Waals surface area contributed by atoms with E-state index in [1.54, 1.807) is 18.2 Å². The third-order valence-electron chi connectivity index (χ3n) is 3.22. The zero-order valence-corrected chi connectivity index (χ0v) is 14.5. The van der Waals surface area contributed by atoms with Crippen molar-refractivity contribution in [3.05, 3.63) is 54.1 Å². The van der Waals surface area contributed by atoms with Gasteiger partial charge in [-0.1, -0.05) is 37.3 Å². The average Bonchev–Trinajstić information content (AvgIpc) is 2.53. The van der Waals surface area contributed by atoms with Crippen LogP contribution in [-0.4, -0.2) is 20.6 Å². The van der Waals surface area contributed by atoms with Gasteiger partial charge in [0.2, 0.25) is 0 Å². The maximum atomic E-state index is 11.6. The van der Waals surface area contributed by atoms with Gasteiger partial charge in [0.05, 0.1) is 12.9 Å². The van der Waals surface area contributed by atoms with E-state index in [1.165, 1.54) is 0 Å². The normalized spacial score (nSPS) is 11.2. The summed E-state index contributed by atoms with van der Waals surface area (Å²) in [5.41, 5.74) is 2.50. The van der Waals surface area contributed by atoms with Crippen LogP contribution in [0.5, 0.6) is 5.75 Å². The fourth-order valence-corrected chi connectivity index (χ4v) is 2.49. The van der Waals surface area contributed by atoms with E-state index in [4.69, 9.17) is 8.92 Å². The second-order valence-electron chi connectivity index (χ2n) is 5.42. The predicted molar refractivity (Wildman–Crippen MR) is 92.1 cm³/mol. The molecule has 0 aliphatic heterocycles. The first-order valence-corrected chi connectivity index (χ1v) is 9.43. The quantitative estimate of drug-likeness (QED) is 0.435. The molecule has 2 aromatic carbocycles. The molecule has 0 bridgehead atoms. The number of hydrogen-bond acceptors (Lipinski definition) is 5. The number of carbonyl (C=O) groups is 1. The van der Waals surface area contributed by atoms with Gasteiger partial charge in [0.1, 0.15) is 5.75 Å². The minimum atomic E-state index is -3.48. The number of rotatable bonds is 7. The minimum Gasteiger partial charge on any atom is -0.427 e. The Morgan fingerprint density at radius 3 is 2.38 bits per heavy atom. The molecule has 0 radical (unpaired) electrons. The van der Waals surface area contributed by atoms with Gasteiger partial charge in [-0.15, -0.1) is 0 Å². The van der Waals surface area contributed by atoms with Crippen molar-refractivity contribution in [1.29, 1.82) is 0 Å². The Bertz CT molecular complexity index is 812. The lowest BCUT2D eigenvalue weighted by Crippen LogP contribution is -2.06. The van der Waals surface area contributed by atoms with E-state index in [-0.39, 0.29) is 12.6 Å². The van der Waals surface area contributed by atoms with E-state index >= 15 is 0 Å². The summed E-state index contributed by atoms with van der Waals surface area (Å²) in [5.74, 6) is 0.230. The fourth-order valence-electron chi connectivity index (χ4n) is 2.14. The summed E-state index contributed by atoms with van der Waals surface area (Å²) in [6, 6.07) is 14.6. The summed E-state index contributed by atoms with van der Waals surface area (Å²) in [5, 5.41) is 0. The smallest absolute Gasteiger partial charge is 0.311 e. The Morgan fingerprint density at radius 1 is 1.04 bits per heavy atom. The summed E-state index contributed by atoms with van der Waals surface area (Å²) < 4.78 is 32.3. The predicted octanol–water partition coefficient (Wildman–Crippen LogP) is 3.54. The molecule has 0 N–H and O–H groups in total. The molecule has 5 nitrogen and oxygen atoms in total. The molecule has 24 heavy (non-hydrogen) atoms. The van der Waals surface area contributed by atoms with Gasteiger partial charge in [-0.25, -0.2) is 0 Å². The number of ether oxygens (including phenoxy) is 1. The molecule has 0 aromatic heterocycles. The standard InChI is InChI=1S/C18H20O5S/c1-3-6-18(19)23-17-10-5-9-16(12-17)15-8-4-7-14(11-15)13-22-24(2,20)21/h4-5,7-12H,3,6,13H2,1-2H3. The number of carbonyl (C=O) groups excluding carboxylic acids is 1. The Labute approximate surface area is 142 Å². The first kappa shape index (κ1) is 18.2. The van der Waals surface area contributed by atoms with Crippen LogP contribution in [0.15, 0.2) is 48.5 Å². The van der Waals surface area contributed by atoms with Crippen molar-refractivity contribution in [3.63, 3.8) is 0 Å². The van der Waals surface area contributed by atoms with Gasteiger partial charge >= 0.3 is 5.97 Å². The largest absolute Gasteiger partial charge is 0.427 e. The van der Waals surface area contributed by atoms with Crippen molar-refractivity contribution >= 4 is 16.1 Å². The van der Waals surface area contributed by atoms with Crippen LogP contribution in [-0.2, 0) is 25.7 Å². The van der Waals surface area contributed by atoms with E-state index < -0.39 is 10.1 Å². The fraction of sp³-hybridized carbons (Fsp3) is 0.278. The highest BCUT2D eigenvalue weighted by Crippen LogP contribution is 2.25. The summed E-state index contributed by atoms with van der Waals surface area (Å²) in [7, 11) is -3.48. The Morgan fingerprint density at radius 2 is 1.71 bits per heavy atom. The van der Waals surface area contributed by atoms with Crippen LogP contribution in [0.25, 0.3) is 11.1 Å². The second kappa shape index (κ2) is 8.08. The first-order chi connectivity index (χ1) is 11.4. The van der Waals surface area contributed by atoms with E-state index in [9.17, 15) is 13.2 Å². The molecule has 0 amide bonds. The van der Waals surface area contributed by atoms with Crippen molar-refractivity contribution in [2.75, 3.05) is 6.26 Å². The molecule has 2 rings (SSSR count). The van der Waals surface area contributed by atoms with Crippen molar-refractivity contribution in [2.24, 2.45) is 0 Å². The SMILES string of the molecule is CCCC(=O)Oc1cccc(-c2cccc(COS(C)(=O)=O)c2)c1. The molecular formula is C18H20O5S. The van der Waals surface area contributed by atoms with Crippen LogP contribution in [0.1, 0.15) is 25.3 Å². The highest BCUT2D eigenvalue weighted by atomic mass is 32.2. The van der Waals surface area contributed by atoms with Crippen LogP contribution in [0.2, 0.25) is 0 Å². The molecule has 0 saturated carbocycles. The molecule has 6 heteroatoms. The van der Waals surface area contributed by atoms with Gasteiger partial charge in [0.25, 0.3) is 10.1 Å². The van der Waals surface area contributed by atoms with Gasteiger partial charge in [0.15, 0.2) is 0 Å². The molecule has 0 fully saturated rings. The Kier molecular flexibility index (Phi) is 6.11. The average molecular weight is 348 g/mol. The molecule has 0 atom stereocenters. The van der Waals surface area contributed by atoms with Crippen molar-refractivity contribution in [1.82, 2.24) is 0 Å². The lowest BCUT2D eigenvalue weighted by atomic mass is 10.0. The van der Waals surface area contributed by atoms with Crippen LogP contribution in [0, 0.1) is 0 Å². The summed E-state index contributed by atoms with van der Waals surface area (Å²) >= 11 is 0. The Hall–Kier alpha value is -2.18. The second-order valence-corrected chi connectivity index (χ2v) is 7.06. The molecule has 0 spiro atoms. The van der Waals surface area contributed by atoms with Gasteiger partial charge in [-0.05, 0) is 41.3 Å². The molecule has 0 aliphatic carbocycles. The minimum absolute atomic E-state index is 0.0160. The van der Waals surface area contributed by atoms with E-state index in [1.807, 2.05) is 37.3 Å². The monoisotopic (exact) mass is 348 g/mol. The van der Waals surface area contributed by atoms with Crippen LogP contribution >= 0.6 is 0 Å². The summed E-state index contributed by atoms with van der Waals surface area (Å²) in [6.07, 6.45) is 2.13. The van der Waals surface area contributed by atoms with E-state index in [2.05, 4.69) is 0 Å². The molecule has 128 valence electrons. The highest BCUT2D eigenvalue weighted by molar-refractivity contribution is 7.85. The molecule has 2 aromatic rings. The Balaban J connectivity index is 2.18. The maximum Gasteiger partial charge on any atom is 0.311 e. The zero-order chi connectivity index (χ0) is 17.6. The van der Waals surface area contributed by atoms with Crippen LogP contribution in [0.4, 0.5) is 0 Å². The zero-order valence-electron chi connectivity index (χ0n) is 13.7. The van der Waals surface area contributed by atoms with Crippen molar-refractivity contribution in [3.8, 4) is 16.9 Å². The van der Waals surface area contributed by atoms with E-state index in [0.717, 1.165) is 29.4 Å². The van der Waals surface area contributed by atoms with Gasteiger partial charge in [0, 0.05) is 6.42 Å².